The number of rotatable bonds is 9. The summed E-state index contributed by atoms with van der Waals surface area (Å²) in [6, 6.07) is 29.4. The Balaban J connectivity index is 0.000000199. The summed E-state index contributed by atoms with van der Waals surface area (Å²) >= 11 is 0. The van der Waals surface area contributed by atoms with Crippen LogP contribution in [0.4, 0.5) is 0 Å². The van der Waals surface area contributed by atoms with E-state index in [1.165, 1.54) is 47.3 Å². The number of hydrogen-bond donors (Lipinski definition) is 0. The molecular formula is C57H92O6. The Bertz CT molecular complexity index is 1290. The molecule has 3 heterocycles. The van der Waals surface area contributed by atoms with Gasteiger partial charge in [-0.3, -0.25) is 0 Å². The maximum absolute atomic E-state index is 5.40. The van der Waals surface area contributed by atoms with E-state index in [-0.39, 0.29) is 0 Å². The summed E-state index contributed by atoms with van der Waals surface area (Å²) in [5, 5.41) is 0. The summed E-state index contributed by atoms with van der Waals surface area (Å²) in [5.41, 5.74) is 0. The minimum atomic E-state index is 0.343. The lowest BCUT2D eigenvalue weighted by molar-refractivity contribution is 0.259. The van der Waals surface area contributed by atoms with Crippen molar-refractivity contribution in [3.63, 3.8) is 0 Å². The smallest absolute Gasteiger partial charge is 0.119 e. The first kappa shape index (κ1) is 54.3. The van der Waals surface area contributed by atoms with Gasteiger partial charge in [-0.2, -0.15) is 0 Å². The summed E-state index contributed by atoms with van der Waals surface area (Å²) < 4.78 is 31.2. The van der Waals surface area contributed by atoms with Crippen molar-refractivity contribution < 1.29 is 28.4 Å². The van der Waals surface area contributed by atoms with E-state index in [0.29, 0.717) is 38.1 Å². The molecule has 356 valence electrons. The zero-order valence-corrected chi connectivity index (χ0v) is 41.7. The van der Waals surface area contributed by atoms with Crippen LogP contribution in [0, 0.1) is 47.3 Å². The molecule has 6 aliphatic carbocycles. The largest absolute Gasteiger partial charge is 0.491 e. The van der Waals surface area contributed by atoms with Crippen LogP contribution >= 0.6 is 0 Å². The Morgan fingerprint density at radius 2 is 0.571 bits per heavy atom. The molecule has 3 saturated heterocycles. The van der Waals surface area contributed by atoms with Gasteiger partial charge in [-0.15, -0.1) is 0 Å². The molecule has 63 heavy (non-hydrogen) atoms. The quantitative estimate of drug-likeness (QED) is 0.200. The molecule has 3 aromatic carbocycles. The van der Waals surface area contributed by atoms with Crippen molar-refractivity contribution in [3.05, 3.63) is 91.0 Å². The maximum atomic E-state index is 5.40. The lowest BCUT2D eigenvalue weighted by atomic mass is 9.82. The number of para-hydroxylation sites is 3. The van der Waals surface area contributed by atoms with E-state index in [2.05, 4.69) is 0 Å². The third-order valence-electron chi connectivity index (χ3n) is 13.4. The van der Waals surface area contributed by atoms with Gasteiger partial charge in [0.15, 0.2) is 0 Å². The first-order chi connectivity index (χ1) is 31.2. The van der Waals surface area contributed by atoms with Crippen molar-refractivity contribution in [1.82, 2.24) is 0 Å². The van der Waals surface area contributed by atoms with E-state index >= 15 is 0 Å². The van der Waals surface area contributed by atoms with Crippen LogP contribution in [-0.4, -0.2) is 58.0 Å². The van der Waals surface area contributed by atoms with E-state index in [0.717, 1.165) is 37.1 Å². The van der Waals surface area contributed by atoms with Crippen LogP contribution in [0.25, 0.3) is 0 Å². The number of hydrogen-bond acceptors (Lipinski definition) is 6. The predicted octanol–water partition coefficient (Wildman–Crippen LogP) is 15.2. The standard InChI is InChI=1S/2C10H16.3C9H10O2.5C2H6/c2*1-2-9-7-4-5-8(6-7)10(9)3-1;3*1-2-4-8(5-3-1)10-6-9-7-11-9;5*1-2/h2*7-10H,1-6H2;3*1-5,9H,6-7H2;5*1-2H3. The van der Waals surface area contributed by atoms with Gasteiger partial charge in [-0.25, -0.2) is 0 Å². The fraction of sp³-hybridized carbons (Fsp3) is 0.684. The van der Waals surface area contributed by atoms with E-state index in [1.807, 2.05) is 160 Å². The Morgan fingerprint density at radius 1 is 0.349 bits per heavy atom. The fourth-order valence-corrected chi connectivity index (χ4v) is 10.6. The third kappa shape index (κ3) is 19.5. The Labute approximate surface area is 386 Å². The van der Waals surface area contributed by atoms with E-state index in [4.69, 9.17) is 28.4 Å². The molecule has 6 nitrogen and oxygen atoms in total. The van der Waals surface area contributed by atoms with Crippen LogP contribution in [0.2, 0.25) is 0 Å². The average molecular weight is 873 g/mol. The normalized spacial score (nSPS) is 29.9. The van der Waals surface area contributed by atoms with Gasteiger partial charge >= 0.3 is 0 Å². The van der Waals surface area contributed by atoms with E-state index in [9.17, 15) is 0 Å². The monoisotopic (exact) mass is 873 g/mol. The number of epoxide rings is 3. The second kappa shape index (κ2) is 32.6. The Hall–Kier alpha value is -3.06. The highest BCUT2D eigenvalue weighted by Gasteiger charge is 2.49. The molecular weight excluding hydrogens is 781 g/mol. The van der Waals surface area contributed by atoms with Gasteiger partial charge in [0.25, 0.3) is 0 Å². The van der Waals surface area contributed by atoms with Crippen LogP contribution < -0.4 is 14.2 Å². The Morgan fingerprint density at radius 3 is 0.778 bits per heavy atom. The van der Waals surface area contributed by atoms with Crippen molar-refractivity contribution in [3.8, 4) is 17.2 Å². The molecule has 11 atom stereocenters. The van der Waals surface area contributed by atoms with Crippen molar-refractivity contribution in [1.29, 1.82) is 0 Å². The molecule has 0 aromatic heterocycles. The first-order valence-electron chi connectivity index (χ1n) is 26.1. The molecule has 6 heteroatoms. The van der Waals surface area contributed by atoms with Gasteiger partial charge in [0.2, 0.25) is 0 Å². The lowest BCUT2D eigenvalue weighted by Gasteiger charge is -2.23. The highest BCUT2D eigenvalue weighted by atomic mass is 16.6. The van der Waals surface area contributed by atoms with Crippen molar-refractivity contribution in [2.24, 2.45) is 47.3 Å². The van der Waals surface area contributed by atoms with Gasteiger partial charge in [-0.05, 0) is 148 Å². The lowest BCUT2D eigenvalue weighted by Crippen LogP contribution is -2.15. The molecule has 6 saturated carbocycles. The molecule has 0 spiro atoms. The molecule has 0 radical (unpaired) electrons. The zero-order chi connectivity index (χ0) is 45.7. The fourth-order valence-electron chi connectivity index (χ4n) is 10.6. The second-order valence-corrected chi connectivity index (χ2v) is 16.9. The third-order valence-corrected chi connectivity index (χ3v) is 13.4. The molecule has 9 aliphatic rings. The van der Waals surface area contributed by atoms with Gasteiger partial charge in [0.05, 0.1) is 19.8 Å². The minimum absolute atomic E-state index is 0.343. The Kier molecular flexibility index (Phi) is 28.1. The molecule has 0 N–H and O–H groups in total. The average Bonchev–Trinajstić information content (AvgIpc) is 4.28. The molecule has 11 unspecified atom stereocenters. The predicted molar refractivity (Wildman–Crippen MR) is 265 cm³/mol. The summed E-state index contributed by atoms with van der Waals surface area (Å²) in [6.45, 7) is 24.6. The van der Waals surface area contributed by atoms with Crippen LogP contribution in [0.1, 0.15) is 146 Å². The molecule has 3 aromatic rings. The topological polar surface area (TPSA) is 65.3 Å². The van der Waals surface area contributed by atoms with Gasteiger partial charge < -0.3 is 28.4 Å². The van der Waals surface area contributed by atoms with Gasteiger partial charge in [0.1, 0.15) is 55.4 Å². The van der Waals surface area contributed by atoms with E-state index < -0.39 is 0 Å². The summed E-state index contributed by atoms with van der Waals surface area (Å²) in [5.74, 6) is 12.4. The summed E-state index contributed by atoms with van der Waals surface area (Å²) in [7, 11) is 0. The highest BCUT2D eigenvalue weighted by molar-refractivity contribution is 5.22. The molecule has 0 amide bonds. The van der Waals surface area contributed by atoms with Crippen LogP contribution in [0.15, 0.2) is 91.0 Å². The van der Waals surface area contributed by atoms with Crippen LogP contribution in [0.3, 0.4) is 0 Å². The van der Waals surface area contributed by atoms with Gasteiger partial charge in [-0.1, -0.05) is 137 Å². The summed E-state index contributed by atoms with van der Waals surface area (Å²) in [4.78, 5) is 0. The van der Waals surface area contributed by atoms with E-state index in [1.54, 1.807) is 77.0 Å². The van der Waals surface area contributed by atoms with Crippen LogP contribution in [0.5, 0.6) is 17.2 Å². The van der Waals surface area contributed by atoms with Crippen molar-refractivity contribution >= 4 is 0 Å². The minimum Gasteiger partial charge on any atom is -0.491 e. The molecule has 3 aliphatic heterocycles. The highest BCUT2D eigenvalue weighted by Crippen LogP contribution is 2.59. The van der Waals surface area contributed by atoms with Crippen molar-refractivity contribution in [2.45, 2.75) is 165 Å². The summed E-state index contributed by atoms with van der Waals surface area (Å²) in [6.07, 6.45) is 20.1. The second-order valence-electron chi connectivity index (χ2n) is 16.9. The number of fused-ring (bicyclic) bond motifs is 10. The zero-order valence-electron chi connectivity index (χ0n) is 41.7. The molecule has 9 fully saturated rings. The molecule has 4 bridgehead atoms. The van der Waals surface area contributed by atoms with Gasteiger partial charge in [0, 0.05) is 0 Å². The SMILES string of the molecule is C1CC2C3CCC(C3)C2C1.C1CC2C3CCC(C3)C2C1.CC.CC.CC.CC.CC.c1ccc(OCC2CO2)cc1.c1ccc(OCC2CO2)cc1.c1ccc(OCC2CO2)cc1. The molecule has 12 rings (SSSR count). The van der Waals surface area contributed by atoms with Crippen molar-refractivity contribution in [2.75, 3.05) is 39.6 Å². The van der Waals surface area contributed by atoms with Crippen LogP contribution in [-0.2, 0) is 14.2 Å². The maximum Gasteiger partial charge on any atom is 0.119 e. The first-order valence-corrected chi connectivity index (χ1v) is 26.1. The number of ether oxygens (including phenoxy) is 6. The number of benzene rings is 3.